The van der Waals surface area contributed by atoms with Crippen molar-refractivity contribution >= 4 is 5.69 Å². The highest BCUT2D eigenvalue weighted by Crippen LogP contribution is 2.24. The summed E-state index contributed by atoms with van der Waals surface area (Å²) in [5, 5.41) is 4.16. The van der Waals surface area contributed by atoms with E-state index in [4.69, 9.17) is 5.73 Å². The van der Waals surface area contributed by atoms with E-state index in [1.165, 1.54) is 5.56 Å². The van der Waals surface area contributed by atoms with Crippen LogP contribution in [0.4, 0.5) is 5.69 Å². The SMILES string of the molecule is Nc1cnn(-c2ncnc3c2CCC3)c1. The van der Waals surface area contributed by atoms with Crippen molar-refractivity contribution < 1.29 is 0 Å². The van der Waals surface area contributed by atoms with Gasteiger partial charge in [0.25, 0.3) is 0 Å². The van der Waals surface area contributed by atoms with Crippen LogP contribution < -0.4 is 5.73 Å². The summed E-state index contributed by atoms with van der Waals surface area (Å²) in [6, 6.07) is 0. The zero-order valence-corrected chi connectivity index (χ0v) is 8.22. The third-order valence-electron chi connectivity index (χ3n) is 2.67. The van der Waals surface area contributed by atoms with Gasteiger partial charge < -0.3 is 5.73 Å². The van der Waals surface area contributed by atoms with Crippen LogP contribution in [0.15, 0.2) is 18.7 Å². The Morgan fingerprint density at radius 3 is 3.00 bits per heavy atom. The van der Waals surface area contributed by atoms with Gasteiger partial charge in [-0.15, -0.1) is 0 Å². The average molecular weight is 201 g/mol. The molecule has 0 atom stereocenters. The molecule has 5 nitrogen and oxygen atoms in total. The van der Waals surface area contributed by atoms with E-state index in [2.05, 4.69) is 15.1 Å². The standard InChI is InChI=1S/C10H11N5/c11-7-4-14-15(5-7)10-8-2-1-3-9(8)12-6-13-10/h4-6H,1-3,11H2. The third-order valence-corrected chi connectivity index (χ3v) is 2.67. The smallest absolute Gasteiger partial charge is 0.160 e. The van der Waals surface area contributed by atoms with Crippen molar-refractivity contribution in [3.8, 4) is 5.82 Å². The molecule has 0 amide bonds. The zero-order chi connectivity index (χ0) is 10.3. The maximum Gasteiger partial charge on any atom is 0.160 e. The molecule has 0 fully saturated rings. The molecule has 3 rings (SSSR count). The van der Waals surface area contributed by atoms with Crippen LogP contribution in [-0.2, 0) is 12.8 Å². The number of nitrogens with zero attached hydrogens (tertiary/aromatic N) is 4. The molecule has 15 heavy (non-hydrogen) atoms. The lowest BCUT2D eigenvalue weighted by Crippen LogP contribution is -2.04. The Bertz CT molecular complexity index is 502. The summed E-state index contributed by atoms with van der Waals surface area (Å²) >= 11 is 0. The van der Waals surface area contributed by atoms with E-state index in [0.29, 0.717) is 5.69 Å². The molecule has 0 aliphatic heterocycles. The van der Waals surface area contributed by atoms with Gasteiger partial charge in [-0.2, -0.15) is 5.10 Å². The molecule has 1 aliphatic carbocycles. The van der Waals surface area contributed by atoms with Crippen LogP contribution in [0, 0.1) is 0 Å². The van der Waals surface area contributed by atoms with Gasteiger partial charge in [0.1, 0.15) is 6.33 Å². The molecule has 0 unspecified atom stereocenters. The Balaban J connectivity index is 2.16. The van der Waals surface area contributed by atoms with Gasteiger partial charge in [0.2, 0.25) is 0 Å². The Morgan fingerprint density at radius 1 is 1.27 bits per heavy atom. The maximum atomic E-state index is 5.63. The predicted octanol–water partition coefficient (Wildman–Crippen LogP) is 0.733. The lowest BCUT2D eigenvalue weighted by atomic mass is 10.2. The first-order chi connectivity index (χ1) is 7.34. The first-order valence-electron chi connectivity index (χ1n) is 4.98. The van der Waals surface area contributed by atoms with Crippen molar-refractivity contribution in [3.63, 3.8) is 0 Å². The van der Waals surface area contributed by atoms with Crippen LogP contribution in [0.25, 0.3) is 5.82 Å². The molecule has 0 spiro atoms. The molecule has 2 aromatic rings. The maximum absolute atomic E-state index is 5.63. The first-order valence-corrected chi connectivity index (χ1v) is 4.98. The second-order valence-corrected chi connectivity index (χ2v) is 3.69. The van der Waals surface area contributed by atoms with Crippen LogP contribution in [-0.4, -0.2) is 19.7 Å². The highest BCUT2D eigenvalue weighted by Gasteiger charge is 2.18. The topological polar surface area (TPSA) is 69.6 Å². The van der Waals surface area contributed by atoms with Crippen LogP contribution in [0.3, 0.4) is 0 Å². The number of rotatable bonds is 1. The van der Waals surface area contributed by atoms with Crippen LogP contribution >= 0.6 is 0 Å². The molecule has 0 saturated heterocycles. The van der Waals surface area contributed by atoms with Crippen molar-refractivity contribution in [2.24, 2.45) is 0 Å². The second kappa shape index (κ2) is 3.05. The van der Waals surface area contributed by atoms with E-state index in [9.17, 15) is 0 Å². The summed E-state index contributed by atoms with van der Waals surface area (Å²) in [7, 11) is 0. The minimum atomic E-state index is 0.653. The minimum Gasteiger partial charge on any atom is -0.396 e. The van der Waals surface area contributed by atoms with Crippen LogP contribution in [0.1, 0.15) is 17.7 Å². The van der Waals surface area contributed by atoms with Crippen LogP contribution in [0.5, 0.6) is 0 Å². The molecule has 76 valence electrons. The van der Waals surface area contributed by atoms with Gasteiger partial charge in [0.05, 0.1) is 18.1 Å². The van der Waals surface area contributed by atoms with Crippen molar-refractivity contribution in [3.05, 3.63) is 30.0 Å². The Labute approximate surface area is 87.0 Å². The van der Waals surface area contributed by atoms with Crippen molar-refractivity contribution in [1.29, 1.82) is 0 Å². The predicted molar refractivity (Wildman–Crippen MR) is 55.6 cm³/mol. The number of hydrogen-bond acceptors (Lipinski definition) is 4. The number of nitrogen functional groups attached to an aromatic ring is 1. The van der Waals surface area contributed by atoms with Gasteiger partial charge in [0, 0.05) is 11.3 Å². The molecular formula is C10H11N5. The fraction of sp³-hybridized carbons (Fsp3) is 0.300. The van der Waals surface area contributed by atoms with Gasteiger partial charge >= 0.3 is 0 Å². The molecule has 1 aliphatic rings. The summed E-state index contributed by atoms with van der Waals surface area (Å²) in [6.45, 7) is 0. The van der Waals surface area contributed by atoms with Gasteiger partial charge in [-0.1, -0.05) is 0 Å². The number of fused-ring (bicyclic) bond motifs is 1. The molecule has 2 aromatic heterocycles. The highest BCUT2D eigenvalue weighted by molar-refractivity contribution is 5.42. The monoisotopic (exact) mass is 201 g/mol. The molecule has 0 saturated carbocycles. The normalized spacial score (nSPS) is 14.1. The number of hydrogen-bond donors (Lipinski definition) is 1. The summed E-state index contributed by atoms with van der Waals surface area (Å²) < 4.78 is 1.72. The number of aromatic nitrogens is 4. The van der Waals surface area contributed by atoms with Gasteiger partial charge in [0.15, 0.2) is 5.82 Å². The molecule has 2 heterocycles. The van der Waals surface area contributed by atoms with E-state index in [0.717, 1.165) is 30.8 Å². The number of nitrogens with two attached hydrogens (primary N) is 1. The molecule has 0 bridgehead atoms. The summed E-state index contributed by atoms with van der Waals surface area (Å²) in [5.74, 6) is 0.870. The van der Waals surface area contributed by atoms with E-state index in [1.54, 1.807) is 23.4 Å². The fourth-order valence-corrected chi connectivity index (χ4v) is 1.99. The number of anilines is 1. The third kappa shape index (κ3) is 1.27. The van der Waals surface area contributed by atoms with Crippen LogP contribution in [0.2, 0.25) is 0 Å². The van der Waals surface area contributed by atoms with Gasteiger partial charge in [-0.3, -0.25) is 0 Å². The van der Waals surface area contributed by atoms with Gasteiger partial charge in [-0.25, -0.2) is 14.6 Å². The summed E-state index contributed by atoms with van der Waals surface area (Å²) in [6.07, 6.45) is 8.23. The van der Waals surface area contributed by atoms with E-state index in [1.807, 2.05) is 0 Å². The molecule has 2 N–H and O–H groups in total. The van der Waals surface area contributed by atoms with Gasteiger partial charge in [-0.05, 0) is 19.3 Å². The minimum absolute atomic E-state index is 0.653. The lowest BCUT2D eigenvalue weighted by Gasteiger charge is -2.05. The fourth-order valence-electron chi connectivity index (χ4n) is 1.99. The largest absolute Gasteiger partial charge is 0.396 e. The molecule has 0 radical (unpaired) electrons. The quantitative estimate of drug-likeness (QED) is 0.738. The average Bonchev–Trinajstić information content (AvgIpc) is 2.84. The number of aryl methyl sites for hydroxylation is 1. The second-order valence-electron chi connectivity index (χ2n) is 3.69. The first kappa shape index (κ1) is 8.40. The summed E-state index contributed by atoms with van der Waals surface area (Å²) in [5.41, 5.74) is 8.64. The Morgan fingerprint density at radius 2 is 2.20 bits per heavy atom. The Kier molecular flexibility index (Phi) is 1.71. The molecule has 0 aromatic carbocycles. The highest BCUT2D eigenvalue weighted by atomic mass is 15.3. The van der Waals surface area contributed by atoms with E-state index < -0.39 is 0 Å². The van der Waals surface area contributed by atoms with E-state index in [-0.39, 0.29) is 0 Å². The molecule has 5 heteroatoms. The van der Waals surface area contributed by atoms with Crippen molar-refractivity contribution in [2.45, 2.75) is 19.3 Å². The Hall–Kier alpha value is -1.91. The van der Waals surface area contributed by atoms with Crippen molar-refractivity contribution in [1.82, 2.24) is 19.7 Å². The summed E-state index contributed by atoms with van der Waals surface area (Å²) in [4.78, 5) is 8.54. The van der Waals surface area contributed by atoms with E-state index >= 15 is 0 Å². The lowest BCUT2D eigenvalue weighted by molar-refractivity contribution is 0.819. The molecular weight excluding hydrogens is 190 g/mol. The zero-order valence-electron chi connectivity index (χ0n) is 8.22. The van der Waals surface area contributed by atoms with Crippen molar-refractivity contribution in [2.75, 3.05) is 5.73 Å².